The zero-order chi connectivity index (χ0) is 27.9. The topological polar surface area (TPSA) is 184 Å². The number of amides is 2. The highest BCUT2D eigenvalue weighted by atomic mass is 16.5. The summed E-state index contributed by atoms with van der Waals surface area (Å²) in [6, 6.07) is 7.48. The summed E-state index contributed by atoms with van der Waals surface area (Å²) in [5, 5.41) is 29.3. The first-order valence-corrected chi connectivity index (χ1v) is 10.6. The molecule has 2 amide bonds. The molecule has 0 spiro atoms. The van der Waals surface area contributed by atoms with Crippen molar-refractivity contribution in [1.82, 2.24) is 25.1 Å². The van der Waals surface area contributed by atoms with E-state index in [9.17, 15) is 14.7 Å². The van der Waals surface area contributed by atoms with Crippen LogP contribution in [0, 0.1) is 0 Å². The van der Waals surface area contributed by atoms with Crippen molar-refractivity contribution in [3.63, 3.8) is 0 Å². The molecule has 14 nitrogen and oxygen atoms in total. The van der Waals surface area contributed by atoms with Crippen molar-refractivity contribution < 1.29 is 32.8 Å². The molecule has 186 valence electrons. The lowest BCUT2D eigenvalue weighted by molar-refractivity contribution is -0.170. The number of hydrogen-bond acceptors (Lipinski definition) is 11. The van der Waals surface area contributed by atoms with Crippen LogP contribution in [0.5, 0.6) is 5.88 Å². The molecule has 1 aromatic carbocycles. The maximum absolute atomic E-state index is 13.4. The first kappa shape index (κ1) is 19.7. The molecule has 3 aromatic heterocycles. The van der Waals surface area contributed by atoms with E-state index in [1.165, 1.54) is 47.1 Å². The molecule has 5 rings (SSSR count). The molecule has 14 heteroatoms. The van der Waals surface area contributed by atoms with E-state index >= 15 is 0 Å². The first-order chi connectivity index (χ1) is 18.4. The van der Waals surface area contributed by atoms with Gasteiger partial charge in [0.05, 0.1) is 41.6 Å². The van der Waals surface area contributed by atoms with Gasteiger partial charge in [0.15, 0.2) is 28.9 Å². The van der Waals surface area contributed by atoms with Crippen molar-refractivity contribution >= 4 is 40.1 Å². The zero-order valence-electron chi connectivity index (χ0n) is 21.8. The molecule has 4 aromatic rings. The molecule has 2 atom stereocenters. The highest BCUT2D eigenvalue weighted by Crippen LogP contribution is 2.29. The summed E-state index contributed by atoms with van der Waals surface area (Å²) in [7, 11) is -2.71. The van der Waals surface area contributed by atoms with Gasteiger partial charge in [-0.3, -0.25) is 14.5 Å². The number of nitrogens with zero attached hydrogens (tertiary/aromatic N) is 6. The Morgan fingerprint density at radius 2 is 2.25 bits per heavy atom. The third kappa shape index (κ3) is 3.97. The lowest BCUT2D eigenvalue weighted by Crippen LogP contribution is -2.63. The van der Waals surface area contributed by atoms with E-state index in [0.29, 0.717) is 16.7 Å². The van der Waals surface area contributed by atoms with Gasteiger partial charge in [0, 0.05) is 30.1 Å². The van der Waals surface area contributed by atoms with Gasteiger partial charge in [-0.25, -0.2) is 4.68 Å². The molecule has 4 N–H and O–H groups in total. The van der Waals surface area contributed by atoms with E-state index in [4.69, 9.17) is 23.8 Å². The van der Waals surface area contributed by atoms with Crippen molar-refractivity contribution in [2.24, 2.45) is 0 Å². The van der Waals surface area contributed by atoms with Gasteiger partial charge in [0.2, 0.25) is 5.88 Å². The van der Waals surface area contributed by atoms with Crippen LogP contribution in [0.15, 0.2) is 47.2 Å². The number of nitrogens with one attached hydrogen (secondary N) is 1. The second kappa shape index (κ2) is 8.90. The van der Waals surface area contributed by atoms with Gasteiger partial charge < -0.3 is 30.2 Å². The van der Waals surface area contributed by atoms with Crippen LogP contribution < -0.4 is 20.7 Å². The number of rotatable bonds is 6. The van der Waals surface area contributed by atoms with Gasteiger partial charge in [-0.15, -0.1) is 10.2 Å². The third-order valence-electron chi connectivity index (χ3n) is 5.76. The Balaban J connectivity index is 1.32. The largest absolute Gasteiger partial charge is 0.480 e. The minimum Gasteiger partial charge on any atom is -0.480 e. The highest BCUT2D eigenvalue weighted by molar-refractivity contribution is 6.06. The predicted octanol–water partition coefficient (Wildman–Crippen LogP) is 0.516. The van der Waals surface area contributed by atoms with Gasteiger partial charge in [-0.2, -0.15) is 5.10 Å². The fraction of sp³-hybridized carbons (Fsp3) is 0.273. The summed E-state index contributed by atoms with van der Waals surface area (Å²) in [4.78, 5) is 27.6. The molecule has 0 bridgehead atoms. The molecule has 36 heavy (non-hydrogen) atoms. The first-order valence-electron chi connectivity index (χ1n) is 12.1. The van der Waals surface area contributed by atoms with E-state index in [2.05, 4.69) is 25.8 Å². The number of benzene rings is 1. The number of aliphatic hydroxyl groups excluding tert-OH is 1. The van der Waals surface area contributed by atoms with Crippen LogP contribution in [0.3, 0.4) is 0 Å². The van der Waals surface area contributed by atoms with Crippen LogP contribution in [-0.2, 0) is 14.3 Å². The van der Waals surface area contributed by atoms with E-state index in [-0.39, 0.29) is 36.4 Å². The normalized spacial score (nSPS) is 20.4. The predicted molar refractivity (Wildman–Crippen MR) is 125 cm³/mol. The van der Waals surface area contributed by atoms with Gasteiger partial charge >= 0.3 is 0 Å². The number of hydrogen-bond donors (Lipinski definition) is 3. The second-order valence-corrected chi connectivity index (χ2v) is 8.06. The average molecular weight is 497 g/mol. The lowest BCUT2D eigenvalue weighted by Gasteiger charge is -2.40. The summed E-state index contributed by atoms with van der Waals surface area (Å²) in [5.74, 6) is -1.41. The van der Waals surface area contributed by atoms with Gasteiger partial charge in [-0.1, -0.05) is 5.16 Å². The number of methoxy groups -OCH3 is 1. The van der Waals surface area contributed by atoms with Crippen molar-refractivity contribution in [1.29, 1.82) is 0 Å². The molecular weight excluding hydrogens is 472 g/mol. The average Bonchev–Trinajstić information content (AvgIpc) is 3.51. The Labute approximate surface area is 207 Å². The van der Waals surface area contributed by atoms with Gasteiger partial charge in [-0.05, 0) is 19.1 Å². The maximum Gasteiger partial charge on any atom is 0.263 e. The summed E-state index contributed by atoms with van der Waals surface area (Å²) in [6.45, 7) is 1.43. The molecule has 1 aliphatic rings. The fourth-order valence-electron chi connectivity index (χ4n) is 3.81. The zero-order valence-corrected chi connectivity index (χ0v) is 18.8. The van der Waals surface area contributed by atoms with Crippen molar-refractivity contribution in [3.8, 4) is 11.6 Å². The molecule has 0 saturated carbocycles. The Hall–Kier alpha value is -4.56. The second-order valence-electron chi connectivity index (χ2n) is 8.06. The minimum atomic E-state index is -2.71. The Morgan fingerprint density at radius 1 is 1.39 bits per heavy atom. The van der Waals surface area contributed by atoms with E-state index in [1.54, 1.807) is 12.1 Å². The molecule has 0 radical (unpaired) electrons. The van der Waals surface area contributed by atoms with E-state index in [0.717, 1.165) is 0 Å². The quantitative estimate of drug-likeness (QED) is 0.337. The number of aliphatic hydroxyl groups is 1. The van der Waals surface area contributed by atoms with Crippen LogP contribution in [0.1, 0.15) is 11.0 Å². The van der Waals surface area contributed by atoms with Crippen LogP contribution in [0.4, 0.5) is 17.3 Å². The van der Waals surface area contributed by atoms with Crippen molar-refractivity contribution in [2.45, 2.75) is 18.6 Å². The Kier molecular flexibility index (Phi) is 4.88. The number of nitrogens with two attached hydrogens (primary N) is 1. The molecule has 1 aliphatic heterocycles. The monoisotopic (exact) mass is 497 g/mol. The smallest absolute Gasteiger partial charge is 0.263 e. The number of carbonyl (C=O) groups excluding carboxylic acids is 2. The SMILES string of the molecule is [2H]C([2H])([2H])Oc1cc(-n2ccc(N3CCO[C@](C)([C@@H](O)C(=O)Nc4ccc5c(N)noc5c4)C3=O)n2)cnn1. The number of ether oxygens (including phenoxy) is 2. The van der Waals surface area contributed by atoms with Gasteiger partial charge in [0.1, 0.15) is 0 Å². The Bertz CT molecular complexity index is 1560. The maximum atomic E-state index is 13.4. The standard InChI is InChI=1S/C22H22N8O6/c1-22(18(31)20(32)25-12-3-4-14-15(9-12)36-28-19(14)23)21(33)29(7-8-35-22)16-5-6-30(27-16)13-10-17(34-2)26-24-11-13/h3-6,9-11,18,31H,7-8H2,1-2H3,(H2,23,28)(H,25,32)/t18-,22+/m0/s1/i2D3. The van der Waals surface area contributed by atoms with Crippen molar-refractivity contribution in [3.05, 3.63) is 42.7 Å². The number of nitrogen functional groups attached to an aromatic ring is 1. The van der Waals surface area contributed by atoms with Crippen molar-refractivity contribution in [2.75, 3.05) is 36.1 Å². The highest BCUT2D eigenvalue weighted by Gasteiger charge is 2.51. The molecule has 4 heterocycles. The molecule has 1 fully saturated rings. The number of anilines is 3. The Morgan fingerprint density at radius 3 is 3.08 bits per heavy atom. The molecule has 0 aliphatic carbocycles. The third-order valence-corrected chi connectivity index (χ3v) is 5.76. The number of morpholine rings is 1. The minimum absolute atomic E-state index is 0.0100. The van der Waals surface area contributed by atoms with Crippen LogP contribution in [0.2, 0.25) is 0 Å². The molecular formula is C22H22N8O6. The summed E-state index contributed by atoms with van der Waals surface area (Å²) in [6.07, 6.45) is 0.961. The summed E-state index contributed by atoms with van der Waals surface area (Å²) >= 11 is 0. The van der Waals surface area contributed by atoms with Crippen LogP contribution in [-0.4, -0.2) is 74.0 Å². The van der Waals surface area contributed by atoms with E-state index < -0.39 is 30.6 Å². The molecule has 0 unspecified atom stereocenters. The number of aromatic nitrogens is 5. The lowest BCUT2D eigenvalue weighted by atomic mass is 9.94. The fourth-order valence-corrected chi connectivity index (χ4v) is 3.81. The number of carbonyl (C=O) groups is 2. The van der Waals surface area contributed by atoms with Crippen LogP contribution >= 0.6 is 0 Å². The van der Waals surface area contributed by atoms with E-state index in [1.807, 2.05) is 0 Å². The summed E-state index contributed by atoms with van der Waals surface area (Å²) in [5.41, 5.74) is 4.72. The summed E-state index contributed by atoms with van der Waals surface area (Å²) < 4.78 is 38.4. The van der Waals surface area contributed by atoms with Gasteiger partial charge in [0.25, 0.3) is 11.8 Å². The number of fused-ring (bicyclic) bond motifs is 1. The van der Waals surface area contributed by atoms with Crippen LogP contribution in [0.25, 0.3) is 16.7 Å². The molecule has 1 saturated heterocycles.